The van der Waals surface area contributed by atoms with E-state index in [2.05, 4.69) is 20.3 Å². The van der Waals surface area contributed by atoms with Gasteiger partial charge in [-0.25, -0.2) is 9.97 Å². The van der Waals surface area contributed by atoms with Crippen LogP contribution in [0.2, 0.25) is 0 Å². The van der Waals surface area contributed by atoms with Gasteiger partial charge in [0.2, 0.25) is 0 Å². The van der Waals surface area contributed by atoms with Gasteiger partial charge in [-0.1, -0.05) is 30.3 Å². The zero-order valence-electron chi connectivity index (χ0n) is 20.4. The van der Waals surface area contributed by atoms with Crippen LogP contribution in [0.25, 0.3) is 16.6 Å². The summed E-state index contributed by atoms with van der Waals surface area (Å²) in [6.07, 6.45) is 3.00. The van der Waals surface area contributed by atoms with Gasteiger partial charge < -0.3 is 16.2 Å². The standard InChI is InChI=1S/C28H25N7O2/c1-16-6-3-4-9-22(16)35-19(13-21-23(28(35)37)17(2)10-11-31-21)14-32-27-24(26(30)33-15-34-27)25(29)18-7-5-8-20(36)12-18/h3-13,15,29,36H,14H2,1-2H3,(H3,30,32,33,34). The number of nitrogens with zero attached hydrogens (tertiary/aromatic N) is 4. The van der Waals surface area contributed by atoms with E-state index in [0.717, 1.165) is 16.8 Å². The Labute approximate surface area is 212 Å². The van der Waals surface area contributed by atoms with E-state index in [1.807, 2.05) is 50.2 Å². The smallest absolute Gasteiger partial charge is 0.265 e. The van der Waals surface area contributed by atoms with Gasteiger partial charge in [0.15, 0.2) is 0 Å². The topological polar surface area (TPSA) is 143 Å². The molecule has 0 bridgehead atoms. The van der Waals surface area contributed by atoms with Crippen molar-refractivity contribution in [3.8, 4) is 11.4 Å². The van der Waals surface area contributed by atoms with Crippen LogP contribution in [-0.2, 0) is 6.54 Å². The van der Waals surface area contributed by atoms with Gasteiger partial charge in [-0.2, -0.15) is 0 Å². The summed E-state index contributed by atoms with van der Waals surface area (Å²) in [5.74, 6) is 0.494. The second kappa shape index (κ2) is 9.54. The average Bonchev–Trinajstić information content (AvgIpc) is 2.88. The Morgan fingerprint density at radius 3 is 2.62 bits per heavy atom. The first-order chi connectivity index (χ1) is 17.8. The summed E-state index contributed by atoms with van der Waals surface area (Å²) in [6, 6.07) is 17.8. The Morgan fingerprint density at radius 1 is 1.03 bits per heavy atom. The number of fused-ring (bicyclic) bond motifs is 1. The number of aromatic nitrogens is 4. The number of rotatable bonds is 6. The number of hydrogen-bond donors (Lipinski definition) is 4. The van der Waals surface area contributed by atoms with Crippen molar-refractivity contribution in [3.05, 3.63) is 111 Å². The summed E-state index contributed by atoms with van der Waals surface area (Å²) < 4.78 is 1.68. The first-order valence-electron chi connectivity index (χ1n) is 11.6. The van der Waals surface area contributed by atoms with Crippen LogP contribution in [-0.4, -0.2) is 30.3 Å². The molecule has 0 aliphatic carbocycles. The minimum atomic E-state index is -0.163. The monoisotopic (exact) mass is 491 g/mol. The number of anilines is 2. The minimum Gasteiger partial charge on any atom is -0.508 e. The molecule has 0 atom stereocenters. The Bertz CT molecular complexity index is 1730. The molecule has 0 aliphatic heterocycles. The normalized spacial score (nSPS) is 11.0. The van der Waals surface area contributed by atoms with Gasteiger partial charge in [-0.3, -0.25) is 19.8 Å². The zero-order chi connectivity index (χ0) is 26.1. The van der Waals surface area contributed by atoms with Gasteiger partial charge in [0.1, 0.15) is 23.7 Å². The predicted molar refractivity (Wildman–Crippen MR) is 145 cm³/mol. The summed E-state index contributed by atoms with van der Waals surface area (Å²) in [5.41, 5.74) is 10.7. The molecule has 0 fully saturated rings. The molecular weight excluding hydrogens is 466 g/mol. The van der Waals surface area contributed by atoms with Crippen LogP contribution in [0.4, 0.5) is 11.6 Å². The van der Waals surface area contributed by atoms with Gasteiger partial charge in [0.25, 0.3) is 5.56 Å². The number of para-hydroxylation sites is 1. The molecule has 5 rings (SSSR count). The lowest BCUT2D eigenvalue weighted by atomic mass is 10.0. The lowest BCUT2D eigenvalue weighted by Crippen LogP contribution is -2.25. The molecule has 0 aliphatic rings. The highest BCUT2D eigenvalue weighted by Crippen LogP contribution is 2.25. The van der Waals surface area contributed by atoms with E-state index in [9.17, 15) is 9.90 Å². The second-order valence-corrected chi connectivity index (χ2v) is 8.71. The number of benzene rings is 2. The second-order valence-electron chi connectivity index (χ2n) is 8.71. The molecule has 0 radical (unpaired) electrons. The molecule has 9 heteroatoms. The van der Waals surface area contributed by atoms with E-state index < -0.39 is 0 Å². The van der Waals surface area contributed by atoms with E-state index in [1.54, 1.807) is 22.9 Å². The molecule has 184 valence electrons. The molecule has 2 aromatic carbocycles. The Morgan fingerprint density at radius 2 is 1.84 bits per heavy atom. The molecule has 5 N–H and O–H groups in total. The van der Waals surface area contributed by atoms with Crippen LogP contribution in [0.3, 0.4) is 0 Å². The maximum absolute atomic E-state index is 13.8. The number of hydrogen-bond acceptors (Lipinski definition) is 8. The van der Waals surface area contributed by atoms with Crippen LogP contribution in [0.15, 0.2) is 78.0 Å². The van der Waals surface area contributed by atoms with E-state index in [0.29, 0.717) is 33.5 Å². The van der Waals surface area contributed by atoms with Gasteiger partial charge >= 0.3 is 0 Å². The molecule has 0 amide bonds. The van der Waals surface area contributed by atoms with Crippen molar-refractivity contribution in [3.63, 3.8) is 0 Å². The highest BCUT2D eigenvalue weighted by molar-refractivity contribution is 6.16. The Kier molecular flexibility index (Phi) is 6.10. The van der Waals surface area contributed by atoms with Crippen LogP contribution in [0, 0.1) is 19.3 Å². The zero-order valence-corrected chi connectivity index (χ0v) is 20.4. The quantitative estimate of drug-likeness (QED) is 0.262. The third kappa shape index (κ3) is 4.38. The summed E-state index contributed by atoms with van der Waals surface area (Å²) in [5, 5.41) is 22.4. The summed E-state index contributed by atoms with van der Waals surface area (Å²) in [4.78, 5) is 26.6. The lowest BCUT2D eigenvalue weighted by Gasteiger charge is -2.19. The fourth-order valence-corrected chi connectivity index (χ4v) is 4.40. The highest BCUT2D eigenvalue weighted by Gasteiger charge is 2.19. The molecule has 5 aromatic rings. The SMILES string of the molecule is Cc1ccccc1-n1c(CNc2ncnc(N)c2C(=N)c2cccc(O)c2)cc2nccc(C)c2c1=O. The lowest BCUT2D eigenvalue weighted by molar-refractivity contribution is 0.475. The van der Waals surface area contributed by atoms with E-state index >= 15 is 0 Å². The molecule has 0 unspecified atom stereocenters. The maximum atomic E-state index is 13.8. The maximum Gasteiger partial charge on any atom is 0.265 e. The minimum absolute atomic E-state index is 0.0355. The van der Waals surface area contributed by atoms with E-state index in [1.165, 1.54) is 18.5 Å². The summed E-state index contributed by atoms with van der Waals surface area (Å²) >= 11 is 0. The first kappa shape index (κ1) is 23.7. The van der Waals surface area contributed by atoms with Gasteiger partial charge in [-0.15, -0.1) is 0 Å². The molecule has 3 aromatic heterocycles. The molecule has 9 nitrogen and oxygen atoms in total. The number of pyridine rings is 2. The number of nitrogens with one attached hydrogen (secondary N) is 2. The van der Waals surface area contributed by atoms with Crippen molar-refractivity contribution >= 4 is 28.3 Å². The third-order valence-corrected chi connectivity index (χ3v) is 6.25. The van der Waals surface area contributed by atoms with Gasteiger partial charge in [-0.05, 0) is 55.3 Å². The van der Waals surface area contributed by atoms with Crippen LogP contribution in [0.1, 0.15) is 27.9 Å². The summed E-state index contributed by atoms with van der Waals surface area (Å²) in [7, 11) is 0. The van der Waals surface area contributed by atoms with Crippen molar-refractivity contribution in [2.24, 2.45) is 0 Å². The van der Waals surface area contributed by atoms with Crippen LogP contribution >= 0.6 is 0 Å². The fourth-order valence-electron chi connectivity index (χ4n) is 4.40. The van der Waals surface area contributed by atoms with E-state index in [4.69, 9.17) is 11.1 Å². The van der Waals surface area contributed by atoms with Crippen molar-refractivity contribution in [1.82, 2.24) is 19.5 Å². The number of aromatic hydroxyl groups is 1. The largest absolute Gasteiger partial charge is 0.508 e. The van der Waals surface area contributed by atoms with Gasteiger partial charge in [0, 0.05) is 17.5 Å². The van der Waals surface area contributed by atoms with Crippen LogP contribution in [0.5, 0.6) is 5.75 Å². The molecular formula is C28H25N7O2. The molecule has 37 heavy (non-hydrogen) atoms. The van der Waals surface area contributed by atoms with Crippen molar-refractivity contribution < 1.29 is 5.11 Å². The first-order valence-corrected chi connectivity index (χ1v) is 11.6. The average molecular weight is 492 g/mol. The van der Waals surface area contributed by atoms with Crippen LogP contribution < -0.4 is 16.6 Å². The van der Waals surface area contributed by atoms with Crippen molar-refractivity contribution in [2.45, 2.75) is 20.4 Å². The highest BCUT2D eigenvalue weighted by atomic mass is 16.3. The molecule has 0 spiro atoms. The molecule has 0 saturated heterocycles. The predicted octanol–water partition coefficient (Wildman–Crippen LogP) is 4.11. The van der Waals surface area contributed by atoms with Crippen molar-refractivity contribution in [1.29, 1.82) is 5.41 Å². The van der Waals surface area contributed by atoms with E-state index in [-0.39, 0.29) is 29.4 Å². The van der Waals surface area contributed by atoms with Gasteiger partial charge in [0.05, 0.1) is 34.4 Å². The number of phenolic OH excluding ortho intramolecular Hbond substituents is 1. The van der Waals surface area contributed by atoms with Crippen molar-refractivity contribution in [2.75, 3.05) is 11.1 Å². The Hall–Kier alpha value is -5.05. The molecule has 3 heterocycles. The summed E-state index contributed by atoms with van der Waals surface area (Å²) in [6.45, 7) is 4.06. The number of nitrogens with two attached hydrogens (primary N) is 1. The third-order valence-electron chi connectivity index (χ3n) is 6.25. The number of aryl methyl sites for hydroxylation is 2. The molecule has 0 saturated carbocycles. The fraction of sp³-hybridized carbons (Fsp3) is 0.107. The number of phenols is 1. The number of nitrogen functional groups attached to an aromatic ring is 1. The Balaban J connectivity index is 1.62.